The highest BCUT2D eigenvalue weighted by Gasteiger charge is 2.33. The largest absolute Gasteiger partial charge is 0.291 e. The second-order valence-electron chi connectivity index (χ2n) is 5.86. The van der Waals surface area contributed by atoms with Crippen molar-refractivity contribution in [2.24, 2.45) is 0 Å². The highest BCUT2D eigenvalue weighted by atomic mass is 19.1. The molecular formula is C19H20FN3O. The van der Waals surface area contributed by atoms with Crippen molar-refractivity contribution >= 4 is 5.78 Å². The minimum atomic E-state index is -0.804. The molecule has 1 N–H and O–H groups in total. The summed E-state index contributed by atoms with van der Waals surface area (Å²) in [6, 6.07) is 9.65. The van der Waals surface area contributed by atoms with Crippen LogP contribution in [-0.4, -0.2) is 21.0 Å². The molecule has 0 aliphatic rings. The van der Waals surface area contributed by atoms with E-state index in [2.05, 4.69) is 15.2 Å². The van der Waals surface area contributed by atoms with Crippen LogP contribution >= 0.6 is 0 Å². The Labute approximate surface area is 140 Å². The Kier molecular flexibility index (Phi) is 4.93. The summed E-state index contributed by atoms with van der Waals surface area (Å²) < 4.78 is 13.1. The summed E-state index contributed by atoms with van der Waals surface area (Å²) in [5.41, 5.74) is 1.98. The molecule has 0 atom stereocenters. The van der Waals surface area contributed by atoms with Crippen LogP contribution in [0.15, 0.2) is 55.0 Å². The minimum absolute atomic E-state index is 0. The van der Waals surface area contributed by atoms with Crippen LogP contribution in [0.5, 0.6) is 0 Å². The lowest BCUT2D eigenvalue weighted by Gasteiger charge is -2.23. The summed E-state index contributed by atoms with van der Waals surface area (Å²) in [4.78, 5) is 17.0. The fourth-order valence-corrected chi connectivity index (χ4v) is 2.52. The van der Waals surface area contributed by atoms with Gasteiger partial charge in [-0.15, -0.1) is 0 Å². The van der Waals surface area contributed by atoms with Gasteiger partial charge in [0.1, 0.15) is 11.5 Å². The number of aromatic amines is 1. The number of hydrogen-bond acceptors (Lipinski definition) is 3. The lowest BCUT2D eigenvalue weighted by Crippen LogP contribution is -2.29. The molecule has 3 aromatic rings. The zero-order valence-electron chi connectivity index (χ0n) is 12.9. The Morgan fingerprint density at radius 3 is 2.33 bits per heavy atom. The average Bonchev–Trinajstić information content (AvgIpc) is 3.04. The van der Waals surface area contributed by atoms with Crippen LogP contribution in [0.2, 0.25) is 0 Å². The van der Waals surface area contributed by atoms with Crippen LogP contribution in [0.4, 0.5) is 4.39 Å². The smallest absolute Gasteiger partial charge is 0.191 e. The van der Waals surface area contributed by atoms with Crippen molar-refractivity contribution in [1.82, 2.24) is 15.2 Å². The molecule has 0 bridgehead atoms. The highest BCUT2D eigenvalue weighted by molar-refractivity contribution is 6.06. The van der Waals surface area contributed by atoms with Crippen molar-refractivity contribution in [2.75, 3.05) is 0 Å². The van der Waals surface area contributed by atoms with Crippen LogP contribution in [0.1, 0.15) is 37.3 Å². The average molecular weight is 325 g/mol. The first-order valence-electron chi connectivity index (χ1n) is 7.25. The minimum Gasteiger partial charge on any atom is -0.291 e. The number of halogens is 1. The first-order valence-corrected chi connectivity index (χ1v) is 7.25. The van der Waals surface area contributed by atoms with Crippen molar-refractivity contribution < 1.29 is 9.18 Å². The van der Waals surface area contributed by atoms with Gasteiger partial charge in [0.2, 0.25) is 0 Å². The number of rotatable bonds is 4. The van der Waals surface area contributed by atoms with E-state index in [1.807, 2.05) is 26.0 Å². The molecule has 0 aliphatic heterocycles. The number of pyridine rings is 1. The van der Waals surface area contributed by atoms with Gasteiger partial charge in [-0.1, -0.05) is 19.6 Å². The third-order valence-electron chi connectivity index (χ3n) is 3.99. The first-order chi connectivity index (χ1) is 11.0. The van der Waals surface area contributed by atoms with E-state index in [1.54, 1.807) is 30.7 Å². The molecule has 24 heavy (non-hydrogen) atoms. The molecule has 0 aliphatic carbocycles. The summed E-state index contributed by atoms with van der Waals surface area (Å²) in [6.45, 7) is 3.64. The molecule has 0 amide bonds. The van der Waals surface area contributed by atoms with E-state index in [-0.39, 0.29) is 19.0 Å². The number of H-pyrrole nitrogens is 1. The van der Waals surface area contributed by atoms with E-state index < -0.39 is 5.41 Å². The molecule has 0 fully saturated rings. The molecule has 0 spiro atoms. The van der Waals surface area contributed by atoms with E-state index in [0.717, 1.165) is 16.7 Å². The van der Waals surface area contributed by atoms with Gasteiger partial charge >= 0.3 is 0 Å². The van der Waals surface area contributed by atoms with Crippen LogP contribution < -0.4 is 0 Å². The van der Waals surface area contributed by atoms with Crippen LogP contribution in [-0.2, 0) is 5.41 Å². The van der Waals surface area contributed by atoms with E-state index in [0.29, 0.717) is 5.69 Å². The van der Waals surface area contributed by atoms with E-state index in [1.165, 1.54) is 12.1 Å². The molecule has 5 heteroatoms. The Morgan fingerprint density at radius 1 is 1.08 bits per heavy atom. The molecule has 0 saturated carbocycles. The van der Waals surface area contributed by atoms with E-state index in [9.17, 15) is 9.18 Å². The quantitative estimate of drug-likeness (QED) is 0.723. The number of hydrogen-bond donors (Lipinski definition) is 1. The number of carbonyl (C=O) groups is 1. The molecule has 0 unspecified atom stereocenters. The Hall–Kier alpha value is -2.82. The number of benzene rings is 1. The zero-order chi connectivity index (χ0) is 16.4. The van der Waals surface area contributed by atoms with Gasteiger partial charge in [0.15, 0.2) is 5.78 Å². The van der Waals surface area contributed by atoms with Gasteiger partial charge in [-0.25, -0.2) is 4.39 Å². The molecule has 124 valence electrons. The maximum Gasteiger partial charge on any atom is 0.191 e. The number of aromatic nitrogens is 3. The van der Waals surface area contributed by atoms with Gasteiger partial charge in [0, 0.05) is 18.0 Å². The molecule has 1 aromatic carbocycles. The Balaban J connectivity index is 0.00000208. The van der Waals surface area contributed by atoms with Crippen molar-refractivity contribution in [3.8, 4) is 11.1 Å². The first kappa shape index (κ1) is 17.5. The molecule has 3 rings (SSSR count). The lowest BCUT2D eigenvalue weighted by molar-refractivity contribution is 0.0904. The van der Waals surface area contributed by atoms with Crippen molar-refractivity contribution in [1.29, 1.82) is 0 Å². The predicted molar refractivity (Wildman–Crippen MR) is 92.3 cm³/mol. The maximum atomic E-state index is 13.1. The van der Waals surface area contributed by atoms with Crippen LogP contribution in [0, 0.1) is 5.82 Å². The van der Waals surface area contributed by atoms with E-state index >= 15 is 0 Å². The van der Waals surface area contributed by atoms with Crippen molar-refractivity contribution in [3.05, 3.63) is 72.1 Å². The van der Waals surface area contributed by atoms with E-state index in [4.69, 9.17) is 0 Å². The van der Waals surface area contributed by atoms with Gasteiger partial charge in [0.05, 0.1) is 11.6 Å². The summed E-state index contributed by atoms with van der Waals surface area (Å²) in [7, 11) is 0. The molecule has 2 aromatic heterocycles. The summed E-state index contributed by atoms with van der Waals surface area (Å²) in [5.74, 6) is -0.426. The number of nitrogens with one attached hydrogen (secondary N) is 1. The van der Waals surface area contributed by atoms with Gasteiger partial charge in [-0.05, 0) is 49.2 Å². The Bertz CT molecular complexity index is 823. The predicted octanol–water partition coefficient (Wildman–Crippen LogP) is 4.41. The lowest BCUT2D eigenvalue weighted by atomic mass is 9.78. The number of Topliss-reactive ketones (excluding diaryl/α,β-unsaturated/α-hetero) is 1. The molecule has 2 heterocycles. The zero-order valence-corrected chi connectivity index (χ0v) is 12.9. The highest BCUT2D eigenvalue weighted by Crippen LogP contribution is 2.31. The number of nitrogens with zero attached hydrogens (tertiary/aromatic N) is 2. The van der Waals surface area contributed by atoms with Gasteiger partial charge < -0.3 is 0 Å². The van der Waals surface area contributed by atoms with Crippen molar-refractivity contribution in [2.45, 2.75) is 26.7 Å². The number of carbonyl (C=O) groups excluding carboxylic acids is 1. The standard InChI is InChI=1S/C18H16FN3O.CH4/c1-18(2,13-3-5-14(19)6-4-13)17(23)16-15(11-21-22-16)12-7-9-20-10-8-12;/h3-11H,1-2H3,(H,21,22);1H4. The maximum absolute atomic E-state index is 13.1. The second-order valence-corrected chi connectivity index (χ2v) is 5.86. The summed E-state index contributed by atoms with van der Waals surface area (Å²) >= 11 is 0. The third kappa shape index (κ3) is 3.11. The molecule has 0 radical (unpaired) electrons. The second kappa shape index (κ2) is 6.74. The van der Waals surface area contributed by atoms with Gasteiger partial charge in [0.25, 0.3) is 0 Å². The summed E-state index contributed by atoms with van der Waals surface area (Å²) in [5, 5.41) is 6.81. The van der Waals surface area contributed by atoms with Gasteiger partial charge in [-0.3, -0.25) is 14.9 Å². The number of ketones is 1. The van der Waals surface area contributed by atoms with Crippen LogP contribution in [0.25, 0.3) is 11.1 Å². The van der Waals surface area contributed by atoms with Gasteiger partial charge in [-0.2, -0.15) is 5.10 Å². The topological polar surface area (TPSA) is 58.6 Å². The molecule has 4 nitrogen and oxygen atoms in total. The van der Waals surface area contributed by atoms with Crippen LogP contribution in [0.3, 0.4) is 0 Å². The normalized spacial score (nSPS) is 11.0. The fourth-order valence-electron chi connectivity index (χ4n) is 2.52. The molecule has 0 saturated heterocycles. The molecular weight excluding hydrogens is 305 g/mol. The monoisotopic (exact) mass is 325 g/mol. The third-order valence-corrected chi connectivity index (χ3v) is 3.99. The van der Waals surface area contributed by atoms with Crippen molar-refractivity contribution in [3.63, 3.8) is 0 Å². The Morgan fingerprint density at radius 2 is 1.71 bits per heavy atom. The fraction of sp³-hybridized carbons (Fsp3) is 0.211. The summed E-state index contributed by atoms with van der Waals surface area (Å²) in [6.07, 6.45) is 4.96. The SMILES string of the molecule is C.CC(C)(C(=O)c1[nH]ncc1-c1ccncc1)c1ccc(F)cc1.